The minimum atomic E-state index is 0.0385. The average Bonchev–Trinajstić information content (AvgIpc) is 2.53. The van der Waals surface area contributed by atoms with E-state index in [1.54, 1.807) is 32.4 Å². The third kappa shape index (κ3) is 3.62. The predicted octanol–water partition coefficient (Wildman–Crippen LogP) is 3.18. The molecule has 116 valence electrons. The Kier molecular flexibility index (Phi) is 5.34. The molecule has 4 nitrogen and oxygen atoms in total. The summed E-state index contributed by atoms with van der Waals surface area (Å²) in [6, 6.07) is 5.27. The van der Waals surface area contributed by atoms with Gasteiger partial charge in [0.2, 0.25) is 0 Å². The Labute approximate surface area is 131 Å². The number of carbonyl (C=O) groups is 1. The number of carbonyl (C=O) groups excluding carboxylic acids is 1. The van der Waals surface area contributed by atoms with Crippen molar-refractivity contribution in [3.05, 3.63) is 23.8 Å². The van der Waals surface area contributed by atoms with Gasteiger partial charge in [0.05, 0.1) is 14.2 Å². The van der Waals surface area contributed by atoms with Crippen LogP contribution in [0.25, 0.3) is 0 Å². The van der Waals surface area contributed by atoms with Crippen LogP contribution in [0.5, 0.6) is 11.5 Å². The van der Waals surface area contributed by atoms with E-state index in [9.17, 15) is 4.79 Å². The molecule has 1 aliphatic rings. The molecule has 2 rings (SSSR count). The molecule has 5 heteroatoms. The standard InChI is InChI=1S/C16H22ClNO3/c1-11(17)12-6-8-18(9-7-12)16(19)13-4-5-14(20-2)15(10-13)21-3/h4-5,10-12H,6-9H2,1-3H3. The lowest BCUT2D eigenvalue weighted by Crippen LogP contribution is -2.40. The average molecular weight is 312 g/mol. The Balaban J connectivity index is 2.07. The van der Waals surface area contributed by atoms with Gasteiger partial charge in [-0.3, -0.25) is 4.79 Å². The summed E-state index contributed by atoms with van der Waals surface area (Å²) in [5.41, 5.74) is 0.630. The van der Waals surface area contributed by atoms with Crippen LogP contribution in [0.3, 0.4) is 0 Å². The zero-order valence-corrected chi connectivity index (χ0v) is 13.5. The molecule has 0 N–H and O–H groups in total. The minimum Gasteiger partial charge on any atom is -0.493 e. The lowest BCUT2D eigenvalue weighted by atomic mass is 9.93. The summed E-state index contributed by atoms with van der Waals surface area (Å²) in [6.07, 6.45) is 1.92. The molecular weight excluding hydrogens is 290 g/mol. The number of hydrogen-bond donors (Lipinski definition) is 0. The molecule has 1 amide bonds. The molecule has 0 spiro atoms. The van der Waals surface area contributed by atoms with Crippen molar-refractivity contribution in [1.29, 1.82) is 0 Å². The van der Waals surface area contributed by atoms with Crippen LogP contribution in [0.4, 0.5) is 0 Å². The fourth-order valence-electron chi connectivity index (χ4n) is 2.71. The number of piperidine rings is 1. The lowest BCUT2D eigenvalue weighted by Gasteiger charge is -2.33. The number of benzene rings is 1. The van der Waals surface area contributed by atoms with Gasteiger partial charge in [-0.2, -0.15) is 0 Å². The number of hydrogen-bond acceptors (Lipinski definition) is 3. The Morgan fingerprint density at radius 3 is 2.38 bits per heavy atom. The van der Waals surface area contributed by atoms with Gasteiger partial charge in [0.25, 0.3) is 5.91 Å². The fraction of sp³-hybridized carbons (Fsp3) is 0.562. The van der Waals surface area contributed by atoms with Gasteiger partial charge < -0.3 is 14.4 Å². The Morgan fingerprint density at radius 2 is 1.86 bits per heavy atom. The molecule has 1 aromatic carbocycles. The van der Waals surface area contributed by atoms with Gasteiger partial charge >= 0.3 is 0 Å². The molecule has 1 unspecified atom stereocenters. The van der Waals surface area contributed by atoms with Crippen LogP contribution >= 0.6 is 11.6 Å². The maximum Gasteiger partial charge on any atom is 0.253 e. The molecule has 21 heavy (non-hydrogen) atoms. The molecule has 0 radical (unpaired) electrons. The van der Waals surface area contributed by atoms with Crippen LogP contribution in [0.15, 0.2) is 18.2 Å². The predicted molar refractivity (Wildman–Crippen MR) is 83.5 cm³/mol. The van der Waals surface area contributed by atoms with Gasteiger partial charge in [-0.05, 0) is 43.9 Å². The van der Waals surface area contributed by atoms with E-state index in [-0.39, 0.29) is 11.3 Å². The Hall–Kier alpha value is -1.42. The van der Waals surface area contributed by atoms with Gasteiger partial charge in [-0.1, -0.05) is 0 Å². The SMILES string of the molecule is COc1ccc(C(=O)N2CCC(C(C)Cl)CC2)cc1OC. The molecule has 0 bridgehead atoms. The van der Waals surface area contributed by atoms with Crippen LogP contribution in [0, 0.1) is 5.92 Å². The second-order valence-corrected chi connectivity index (χ2v) is 6.07. The quantitative estimate of drug-likeness (QED) is 0.802. The normalized spacial score (nSPS) is 17.4. The van der Waals surface area contributed by atoms with Crippen molar-refractivity contribution in [2.45, 2.75) is 25.1 Å². The van der Waals surface area contributed by atoms with Crippen LogP contribution in [0.2, 0.25) is 0 Å². The summed E-state index contributed by atoms with van der Waals surface area (Å²) in [5.74, 6) is 1.74. The number of halogens is 1. The summed E-state index contributed by atoms with van der Waals surface area (Å²) in [7, 11) is 3.15. The number of alkyl halides is 1. The van der Waals surface area contributed by atoms with Crippen LogP contribution in [-0.2, 0) is 0 Å². The molecule has 0 saturated carbocycles. The highest BCUT2D eigenvalue weighted by Crippen LogP contribution is 2.29. The summed E-state index contributed by atoms with van der Waals surface area (Å²) in [5, 5.41) is 0.170. The van der Waals surface area contributed by atoms with Crippen molar-refractivity contribution in [3.8, 4) is 11.5 Å². The zero-order chi connectivity index (χ0) is 15.4. The van der Waals surface area contributed by atoms with E-state index in [0.717, 1.165) is 25.9 Å². The van der Waals surface area contributed by atoms with Crippen LogP contribution < -0.4 is 9.47 Å². The molecule has 1 atom stereocenters. The second kappa shape index (κ2) is 7.03. The smallest absolute Gasteiger partial charge is 0.253 e. The Bertz CT molecular complexity index is 496. The van der Waals surface area contributed by atoms with Gasteiger partial charge in [0, 0.05) is 24.0 Å². The van der Waals surface area contributed by atoms with Crippen molar-refractivity contribution in [2.24, 2.45) is 5.92 Å². The van der Waals surface area contributed by atoms with E-state index in [1.807, 2.05) is 11.8 Å². The molecule has 0 aromatic heterocycles. The molecular formula is C16H22ClNO3. The van der Waals surface area contributed by atoms with Gasteiger partial charge in [0.1, 0.15) is 0 Å². The summed E-state index contributed by atoms with van der Waals surface area (Å²) < 4.78 is 10.4. The topological polar surface area (TPSA) is 38.8 Å². The maximum absolute atomic E-state index is 12.5. The minimum absolute atomic E-state index is 0.0385. The van der Waals surface area contributed by atoms with Crippen molar-refractivity contribution >= 4 is 17.5 Å². The van der Waals surface area contributed by atoms with Gasteiger partial charge in [-0.15, -0.1) is 11.6 Å². The molecule has 1 heterocycles. The summed E-state index contributed by atoms with van der Waals surface area (Å²) >= 11 is 6.14. The highest BCUT2D eigenvalue weighted by molar-refractivity contribution is 6.20. The van der Waals surface area contributed by atoms with Gasteiger partial charge in [0.15, 0.2) is 11.5 Å². The number of amides is 1. The maximum atomic E-state index is 12.5. The first-order valence-electron chi connectivity index (χ1n) is 7.22. The molecule has 1 aliphatic heterocycles. The first kappa shape index (κ1) is 16.0. The zero-order valence-electron chi connectivity index (χ0n) is 12.8. The molecule has 1 aromatic rings. The monoisotopic (exact) mass is 311 g/mol. The van der Waals surface area contributed by atoms with Crippen molar-refractivity contribution in [3.63, 3.8) is 0 Å². The van der Waals surface area contributed by atoms with E-state index >= 15 is 0 Å². The number of ether oxygens (including phenoxy) is 2. The number of likely N-dealkylation sites (tertiary alicyclic amines) is 1. The Morgan fingerprint density at radius 1 is 1.24 bits per heavy atom. The van der Waals surface area contributed by atoms with Crippen molar-refractivity contribution < 1.29 is 14.3 Å². The third-order valence-corrected chi connectivity index (χ3v) is 4.46. The fourth-order valence-corrected chi connectivity index (χ4v) is 2.97. The van der Waals surface area contributed by atoms with Gasteiger partial charge in [-0.25, -0.2) is 0 Å². The molecule has 0 aliphatic carbocycles. The highest BCUT2D eigenvalue weighted by atomic mass is 35.5. The number of methoxy groups -OCH3 is 2. The number of rotatable bonds is 4. The van der Waals surface area contributed by atoms with E-state index in [4.69, 9.17) is 21.1 Å². The first-order chi connectivity index (χ1) is 10.1. The molecule has 1 saturated heterocycles. The van der Waals surface area contributed by atoms with Crippen molar-refractivity contribution in [2.75, 3.05) is 27.3 Å². The first-order valence-corrected chi connectivity index (χ1v) is 7.65. The van der Waals surface area contributed by atoms with E-state index in [2.05, 4.69) is 0 Å². The summed E-state index contributed by atoms with van der Waals surface area (Å²) in [4.78, 5) is 14.4. The van der Waals surface area contributed by atoms with E-state index < -0.39 is 0 Å². The van der Waals surface area contributed by atoms with Crippen LogP contribution in [0.1, 0.15) is 30.1 Å². The highest BCUT2D eigenvalue weighted by Gasteiger charge is 2.26. The summed E-state index contributed by atoms with van der Waals surface area (Å²) in [6.45, 7) is 3.54. The van der Waals surface area contributed by atoms with E-state index in [1.165, 1.54) is 0 Å². The van der Waals surface area contributed by atoms with Crippen LogP contribution in [-0.4, -0.2) is 43.5 Å². The third-order valence-electron chi connectivity index (χ3n) is 4.11. The lowest BCUT2D eigenvalue weighted by molar-refractivity contribution is 0.0689. The largest absolute Gasteiger partial charge is 0.493 e. The second-order valence-electron chi connectivity index (χ2n) is 5.38. The number of nitrogens with zero attached hydrogens (tertiary/aromatic N) is 1. The van der Waals surface area contributed by atoms with Crippen molar-refractivity contribution in [1.82, 2.24) is 4.90 Å². The van der Waals surface area contributed by atoms with E-state index in [0.29, 0.717) is 23.0 Å². The molecule has 1 fully saturated rings.